The molecule has 0 fully saturated rings. The first kappa shape index (κ1) is 11.5. The molecule has 0 aliphatic heterocycles. The molecule has 0 aliphatic carbocycles. The Kier molecular flexibility index (Phi) is 2.86. The van der Waals surface area contributed by atoms with E-state index in [1.54, 1.807) is 6.07 Å². The van der Waals surface area contributed by atoms with Crippen molar-refractivity contribution in [1.29, 1.82) is 0 Å². The van der Waals surface area contributed by atoms with Gasteiger partial charge >= 0.3 is 0 Å². The van der Waals surface area contributed by atoms with Crippen LogP contribution in [0.25, 0.3) is 21.9 Å². The largest absolute Gasteiger partial charge is 0.455 e. The van der Waals surface area contributed by atoms with Crippen LogP contribution >= 0.6 is 45.2 Å². The molecule has 2 aromatic carbocycles. The number of fused-ring (bicyclic) bond motifs is 2. The van der Waals surface area contributed by atoms with E-state index in [2.05, 4.69) is 45.2 Å². The maximum Gasteiger partial charge on any atom is 0.201 e. The average molecular weight is 448 g/mol. The van der Waals surface area contributed by atoms with Crippen molar-refractivity contribution in [3.63, 3.8) is 0 Å². The van der Waals surface area contributed by atoms with Crippen LogP contribution in [0.3, 0.4) is 0 Å². The molecule has 0 spiro atoms. The maximum absolute atomic E-state index is 12.4. The summed E-state index contributed by atoms with van der Waals surface area (Å²) in [7, 11) is 0. The summed E-state index contributed by atoms with van der Waals surface area (Å²) in [6.07, 6.45) is 0. The minimum atomic E-state index is 0.0461. The molecule has 1 heterocycles. The van der Waals surface area contributed by atoms with Crippen LogP contribution < -0.4 is 5.43 Å². The molecule has 0 bridgehead atoms. The van der Waals surface area contributed by atoms with E-state index in [9.17, 15) is 4.79 Å². The third kappa shape index (κ3) is 1.77. The molecule has 0 saturated heterocycles. The minimum absolute atomic E-state index is 0.0461. The van der Waals surface area contributed by atoms with Crippen LogP contribution in [0.1, 0.15) is 0 Å². The number of halogens is 2. The summed E-state index contributed by atoms with van der Waals surface area (Å²) in [5, 5.41) is 1.32. The SMILES string of the molecule is O=c1c2ccccc2oc2c(I)ccc(I)c12. The van der Waals surface area contributed by atoms with Gasteiger partial charge in [-0.15, -0.1) is 0 Å². The molecule has 0 radical (unpaired) electrons. The summed E-state index contributed by atoms with van der Waals surface area (Å²) in [5.74, 6) is 0. The van der Waals surface area contributed by atoms with E-state index in [0.717, 1.165) is 7.14 Å². The van der Waals surface area contributed by atoms with Crippen molar-refractivity contribution < 1.29 is 4.42 Å². The molecule has 1 aromatic heterocycles. The third-order valence-electron chi connectivity index (χ3n) is 2.63. The fourth-order valence-corrected chi connectivity index (χ4v) is 3.06. The fourth-order valence-electron chi connectivity index (χ4n) is 1.83. The predicted molar refractivity (Wildman–Crippen MR) is 85.4 cm³/mol. The van der Waals surface area contributed by atoms with Gasteiger partial charge in [0.1, 0.15) is 5.58 Å². The lowest BCUT2D eigenvalue weighted by atomic mass is 10.1. The standard InChI is InChI=1S/C13H6I2O2/c14-8-5-6-9(15)13-11(8)12(16)7-3-1-2-4-10(7)17-13/h1-6H. The number of hydrogen-bond donors (Lipinski definition) is 0. The number of hydrogen-bond acceptors (Lipinski definition) is 2. The van der Waals surface area contributed by atoms with E-state index >= 15 is 0 Å². The lowest BCUT2D eigenvalue weighted by molar-refractivity contribution is 0.657. The van der Waals surface area contributed by atoms with Crippen molar-refractivity contribution in [2.45, 2.75) is 0 Å². The first-order valence-electron chi connectivity index (χ1n) is 4.98. The van der Waals surface area contributed by atoms with Gasteiger partial charge < -0.3 is 4.42 Å². The van der Waals surface area contributed by atoms with Gasteiger partial charge in [-0.25, -0.2) is 0 Å². The molecule has 3 rings (SSSR count). The van der Waals surface area contributed by atoms with Gasteiger partial charge in [-0.1, -0.05) is 12.1 Å². The van der Waals surface area contributed by atoms with Gasteiger partial charge in [0.05, 0.1) is 14.3 Å². The predicted octanol–water partition coefficient (Wildman–Crippen LogP) is 4.16. The van der Waals surface area contributed by atoms with Gasteiger partial charge in [-0.2, -0.15) is 0 Å². The highest BCUT2D eigenvalue weighted by molar-refractivity contribution is 14.1. The van der Waals surface area contributed by atoms with Crippen LogP contribution in [-0.2, 0) is 0 Å². The Balaban J connectivity index is 2.69. The molecule has 17 heavy (non-hydrogen) atoms. The van der Waals surface area contributed by atoms with E-state index in [4.69, 9.17) is 4.42 Å². The second kappa shape index (κ2) is 4.24. The van der Waals surface area contributed by atoms with Crippen molar-refractivity contribution in [1.82, 2.24) is 0 Å². The Bertz CT molecular complexity index is 790. The van der Waals surface area contributed by atoms with Crippen molar-refractivity contribution in [3.05, 3.63) is 53.8 Å². The quantitative estimate of drug-likeness (QED) is 0.382. The molecule has 0 unspecified atom stereocenters. The minimum Gasteiger partial charge on any atom is -0.455 e. The summed E-state index contributed by atoms with van der Waals surface area (Å²) in [6, 6.07) is 11.3. The zero-order valence-corrected chi connectivity index (χ0v) is 12.9. The molecule has 84 valence electrons. The molecule has 0 N–H and O–H groups in total. The molecular weight excluding hydrogens is 442 g/mol. The zero-order valence-electron chi connectivity index (χ0n) is 8.54. The van der Waals surface area contributed by atoms with Gasteiger partial charge in [0.25, 0.3) is 0 Å². The van der Waals surface area contributed by atoms with Gasteiger partial charge in [-0.05, 0) is 69.4 Å². The fraction of sp³-hybridized carbons (Fsp3) is 0. The lowest BCUT2D eigenvalue weighted by Gasteiger charge is -2.04. The van der Waals surface area contributed by atoms with Crippen LogP contribution in [0.15, 0.2) is 45.6 Å². The second-order valence-electron chi connectivity index (χ2n) is 3.66. The van der Waals surface area contributed by atoms with Crippen LogP contribution in [0.5, 0.6) is 0 Å². The molecule has 0 aliphatic rings. The van der Waals surface area contributed by atoms with E-state index < -0.39 is 0 Å². The zero-order chi connectivity index (χ0) is 12.0. The summed E-state index contributed by atoms with van der Waals surface area (Å²) >= 11 is 4.36. The maximum atomic E-state index is 12.4. The summed E-state index contributed by atoms with van der Waals surface area (Å²) in [4.78, 5) is 12.4. The monoisotopic (exact) mass is 448 g/mol. The first-order valence-corrected chi connectivity index (χ1v) is 7.14. The Labute approximate surface area is 124 Å². The highest BCUT2D eigenvalue weighted by atomic mass is 127. The topological polar surface area (TPSA) is 30.2 Å². The number of benzene rings is 2. The van der Waals surface area contributed by atoms with Crippen molar-refractivity contribution in [3.8, 4) is 0 Å². The van der Waals surface area contributed by atoms with Gasteiger partial charge in [0.2, 0.25) is 5.43 Å². The summed E-state index contributed by atoms with van der Waals surface area (Å²) in [6.45, 7) is 0. The van der Waals surface area contributed by atoms with Crippen molar-refractivity contribution in [2.24, 2.45) is 0 Å². The second-order valence-corrected chi connectivity index (χ2v) is 5.99. The number of rotatable bonds is 0. The van der Waals surface area contributed by atoms with E-state index in [-0.39, 0.29) is 5.43 Å². The molecule has 0 amide bonds. The van der Waals surface area contributed by atoms with Crippen LogP contribution in [0.2, 0.25) is 0 Å². The van der Waals surface area contributed by atoms with Gasteiger partial charge in [0, 0.05) is 3.57 Å². The molecule has 2 nitrogen and oxygen atoms in total. The van der Waals surface area contributed by atoms with Crippen LogP contribution in [0, 0.1) is 7.14 Å². The van der Waals surface area contributed by atoms with E-state index in [1.165, 1.54) is 0 Å². The van der Waals surface area contributed by atoms with Gasteiger partial charge in [-0.3, -0.25) is 4.79 Å². The third-order valence-corrected chi connectivity index (χ3v) is 4.38. The summed E-state index contributed by atoms with van der Waals surface area (Å²) in [5.41, 5.74) is 1.37. The van der Waals surface area contributed by atoms with E-state index in [0.29, 0.717) is 21.9 Å². The normalized spacial score (nSPS) is 11.2. The Morgan fingerprint density at radius 2 is 1.65 bits per heavy atom. The highest BCUT2D eigenvalue weighted by Gasteiger charge is 2.12. The molecule has 0 saturated carbocycles. The highest BCUT2D eigenvalue weighted by Crippen LogP contribution is 2.26. The molecule has 3 aromatic rings. The van der Waals surface area contributed by atoms with Crippen molar-refractivity contribution in [2.75, 3.05) is 0 Å². The average Bonchev–Trinajstić information content (AvgIpc) is 2.34. The van der Waals surface area contributed by atoms with Crippen LogP contribution in [0.4, 0.5) is 0 Å². The molecule has 4 heteroatoms. The number of para-hydroxylation sites is 1. The molecular formula is C13H6I2O2. The van der Waals surface area contributed by atoms with Gasteiger partial charge in [0.15, 0.2) is 5.58 Å². The van der Waals surface area contributed by atoms with E-state index in [1.807, 2.05) is 30.3 Å². The van der Waals surface area contributed by atoms with Crippen LogP contribution in [-0.4, -0.2) is 0 Å². The Morgan fingerprint density at radius 1 is 0.941 bits per heavy atom. The molecule has 0 atom stereocenters. The smallest absolute Gasteiger partial charge is 0.201 e. The lowest BCUT2D eigenvalue weighted by Crippen LogP contribution is -2.04. The first-order chi connectivity index (χ1) is 8.18. The summed E-state index contributed by atoms with van der Waals surface area (Å²) < 4.78 is 7.71. The Hall–Kier alpha value is -0.630. The van der Waals surface area contributed by atoms with Crippen molar-refractivity contribution >= 4 is 67.1 Å². The Morgan fingerprint density at radius 3 is 2.47 bits per heavy atom.